The van der Waals surface area contributed by atoms with E-state index in [1.807, 2.05) is 62.4 Å². The molecule has 0 bridgehead atoms. The maximum Gasteiger partial charge on any atom is 0.260 e. The van der Waals surface area contributed by atoms with Crippen molar-refractivity contribution >= 4 is 23.2 Å². The van der Waals surface area contributed by atoms with Gasteiger partial charge in [-0.25, -0.2) is 4.68 Å². The molecule has 3 aromatic rings. The Balaban J connectivity index is 1.84. The first-order valence-electron chi connectivity index (χ1n) is 8.11. The van der Waals surface area contributed by atoms with Gasteiger partial charge in [-0.3, -0.25) is 4.79 Å². The summed E-state index contributed by atoms with van der Waals surface area (Å²) in [6.07, 6.45) is 0. The third-order valence-electron chi connectivity index (χ3n) is 4.23. The predicted octanol–water partition coefficient (Wildman–Crippen LogP) is 4.76. The lowest BCUT2D eigenvalue weighted by atomic mass is 10.1. The lowest BCUT2D eigenvalue weighted by Crippen LogP contribution is -2.13. The van der Waals surface area contributed by atoms with Crippen LogP contribution in [0.25, 0.3) is 0 Å². The summed E-state index contributed by atoms with van der Waals surface area (Å²) in [6.45, 7) is 6.37. The van der Waals surface area contributed by atoms with Crippen molar-refractivity contribution in [1.29, 1.82) is 0 Å². The smallest absolute Gasteiger partial charge is 0.260 e. The van der Waals surface area contributed by atoms with Gasteiger partial charge in [-0.1, -0.05) is 48.0 Å². The van der Waals surface area contributed by atoms with E-state index in [-0.39, 0.29) is 5.91 Å². The summed E-state index contributed by atoms with van der Waals surface area (Å²) >= 11 is 6.44. The van der Waals surface area contributed by atoms with E-state index in [9.17, 15) is 4.79 Å². The average molecular weight is 354 g/mol. The summed E-state index contributed by atoms with van der Waals surface area (Å²) in [4.78, 5) is 12.7. The Morgan fingerprint density at radius 1 is 1.08 bits per heavy atom. The highest BCUT2D eigenvalue weighted by Gasteiger charge is 2.20. The molecule has 128 valence electrons. The molecule has 1 aromatic heterocycles. The van der Waals surface area contributed by atoms with Crippen molar-refractivity contribution in [2.45, 2.75) is 27.3 Å². The number of carbonyl (C=O) groups excluding carboxylic acids is 1. The van der Waals surface area contributed by atoms with E-state index in [1.165, 1.54) is 5.56 Å². The number of amides is 1. The number of aryl methyl sites for hydroxylation is 3. The molecule has 0 fully saturated rings. The standard InChI is InChI=1S/C20H20ClN3O/c1-13-9-10-17(11-14(13)2)22-20(25)18-15(3)23-24(19(18)21)12-16-7-5-4-6-8-16/h4-11H,12H2,1-3H3,(H,22,25). The first-order valence-corrected chi connectivity index (χ1v) is 8.49. The molecule has 0 spiro atoms. The Labute approximate surface area is 152 Å². The highest BCUT2D eigenvalue weighted by Crippen LogP contribution is 2.23. The van der Waals surface area contributed by atoms with Crippen molar-refractivity contribution < 1.29 is 4.79 Å². The molecule has 25 heavy (non-hydrogen) atoms. The number of rotatable bonds is 4. The second-order valence-corrected chi connectivity index (χ2v) is 6.51. The van der Waals surface area contributed by atoms with Crippen LogP contribution in [-0.2, 0) is 6.54 Å². The van der Waals surface area contributed by atoms with E-state index in [0.29, 0.717) is 23.0 Å². The second kappa shape index (κ2) is 7.11. The fourth-order valence-electron chi connectivity index (χ4n) is 2.69. The molecule has 0 aliphatic rings. The topological polar surface area (TPSA) is 46.9 Å². The monoisotopic (exact) mass is 353 g/mol. The summed E-state index contributed by atoms with van der Waals surface area (Å²) in [5.41, 5.74) is 5.16. The molecule has 1 N–H and O–H groups in total. The minimum atomic E-state index is -0.245. The number of nitrogens with one attached hydrogen (secondary N) is 1. The van der Waals surface area contributed by atoms with Gasteiger partial charge < -0.3 is 5.32 Å². The third kappa shape index (κ3) is 3.74. The molecule has 1 heterocycles. The minimum absolute atomic E-state index is 0.245. The van der Waals surface area contributed by atoms with Crippen LogP contribution < -0.4 is 5.32 Å². The number of benzene rings is 2. The van der Waals surface area contributed by atoms with Gasteiger partial charge in [0, 0.05) is 5.69 Å². The Morgan fingerprint density at radius 2 is 1.80 bits per heavy atom. The second-order valence-electron chi connectivity index (χ2n) is 6.15. The van der Waals surface area contributed by atoms with Crippen LogP contribution in [-0.4, -0.2) is 15.7 Å². The Morgan fingerprint density at radius 3 is 2.48 bits per heavy atom. The zero-order valence-corrected chi connectivity index (χ0v) is 15.3. The van der Waals surface area contributed by atoms with Crippen molar-refractivity contribution in [3.8, 4) is 0 Å². The first-order chi connectivity index (χ1) is 12.0. The van der Waals surface area contributed by atoms with Gasteiger partial charge >= 0.3 is 0 Å². The van der Waals surface area contributed by atoms with E-state index >= 15 is 0 Å². The third-order valence-corrected chi connectivity index (χ3v) is 4.62. The molecule has 4 nitrogen and oxygen atoms in total. The number of anilines is 1. The average Bonchev–Trinajstić information content (AvgIpc) is 2.86. The van der Waals surface area contributed by atoms with E-state index in [4.69, 9.17) is 11.6 Å². The summed E-state index contributed by atoms with van der Waals surface area (Å²) in [7, 11) is 0. The van der Waals surface area contributed by atoms with Crippen molar-refractivity contribution in [2.24, 2.45) is 0 Å². The van der Waals surface area contributed by atoms with Gasteiger partial charge in [0.1, 0.15) is 5.15 Å². The maximum atomic E-state index is 12.7. The van der Waals surface area contributed by atoms with Gasteiger partial charge in [-0.2, -0.15) is 5.10 Å². The van der Waals surface area contributed by atoms with Crippen molar-refractivity contribution in [3.05, 3.63) is 81.6 Å². The summed E-state index contributed by atoms with van der Waals surface area (Å²) in [6, 6.07) is 15.7. The SMILES string of the molecule is Cc1ccc(NC(=O)c2c(C)nn(Cc3ccccc3)c2Cl)cc1C. The van der Waals surface area contributed by atoms with E-state index in [1.54, 1.807) is 11.6 Å². The van der Waals surface area contributed by atoms with Crippen molar-refractivity contribution in [2.75, 3.05) is 5.32 Å². The van der Waals surface area contributed by atoms with Crippen LogP contribution in [0.1, 0.15) is 32.7 Å². The van der Waals surface area contributed by atoms with Gasteiger partial charge in [0.05, 0.1) is 17.8 Å². The van der Waals surface area contributed by atoms with Gasteiger partial charge in [0.15, 0.2) is 0 Å². The quantitative estimate of drug-likeness (QED) is 0.734. The van der Waals surface area contributed by atoms with Crippen LogP contribution in [0.15, 0.2) is 48.5 Å². The summed E-state index contributed by atoms with van der Waals surface area (Å²) in [5, 5.41) is 7.68. The molecule has 0 atom stereocenters. The van der Waals surface area contributed by atoms with E-state index < -0.39 is 0 Å². The molecule has 0 unspecified atom stereocenters. The fourth-order valence-corrected chi connectivity index (χ4v) is 3.01. The minimum Gasteiger partial charge on any atom is -0.322 e. The van der Waals surface area contributed by atoms with Crippen LogP contribution in [0.2, 0.25) is 5.15 Å². The van der Waals surface area contributed by atoms with Gasteiger partial charge in [0.25, 0.3) is 5.91 Å². The molecular formula is C20H20ClN3O. The number of carbonyl (C=O) groups is 1. The highest BCUT2D eigenvalue weighted by atomic mass is 35.5. The molecule has 0 aliphatic heterocycles. The summed E-state index contributed by atoms with van der Waals surface area (Å²) < 4.78 is 1.65. The van der Waals surface area contributed by atoms with Gasteiger partial charge in [-0.05, 0) is 49.6 Å². The van der Waals surface area contributed by atoms with Gasteiger partial charge in [0.2, 0.25) is 0 Å². The largest absolute Gasteiger partial charge is 0.322 e. The van der Waals surface area contributed by atoms with Crippen LogP contribution in [0.4, 0.5) is 5.69 Å². The maximum absolute atomic E-state index is 12.7. The first kappa shape index (κ1) is 17.2. The number of nitrogens with zero attached hydrogens (tertiary/aromatic N) is 2. The molecule has 0 radical (unpaired) electrons. The number of halogens is 1. The van der Waals surface area contributed by atoms with Crippen LogP contribution in [0, 0.1) is 20.8 Å². The Hall–Kier alpha value is -2.59. The van der Waals surface area contributed by atoms with E-state index in [2.05, 4.69) is 10.4 Å². The zero-order valence-electron chi connectivity index (χ0n) is 14.5. The molecule has 1 amide bonds. The number of aromatic nitrogens is 2. The summed E-state index contributed by atoms with van der Waals surface area (Å²) in [5.74, 6) is -0.245. The lowest BCUT2D eigenvalue weighted by molar-refractivity contribution is 0.102. The Kier molecular flexibility index (Phi) is 4.91. The number of hydrogen-bond acceptors (Lipinski definition) is 2. The van der Waals surface area contributed by atoms with Crippen molar-refractivity contribution in [3.63, 3.8) is 0 Å². The fraction of sp³-hybridized carbons (Fsp3) is 0.200. The van der Waals surface area contributed by atoms with Crippen molar-refractivity contribution in [1.82, 2.24) is 9.78 Å². The lowest BCUT2D eigenvalue weighted by Gasteiger charge is -2.08. The molecule has 0 saturated carbocycles. The van der Waals surface area contributed by atoms with E-state index in [0.717, 1.165) is 16.8 Å². The molecular weight excluding hydrogens is 334 g/mol. The zero-order chi connectivity index (χ0) is 18.0. The highest BCUT2D eigenvalue weighted by molar-refractivity contribution is 6.33. The predicted molar refractivity (Wildman–Crippen MR) is 101 cm³/mol. The Bertz CT molecular complexity index is 916. The van der Waals surface area contributed by atoms with Crippen LogP contribution >= 0.6 is 11.6 Å². The van der Waals surface area contributed by atoms with Crippen LogP contribution in [0.5, 0.6) is 0 Å². The molecule has 5 heteroatoms. The van der Waals surface area contributed by atoms with Gasteiger partial charge in [-0.15, -0.1) is 0 Å². The number of hydrogen-bond donors (Lipinski definition) is 1. The normalized spacial score (nSPS) is 10.7. The molecule has 2 aromatic carbocycles. The molecule has 0 aliphatic carbocycles. The van der Waals surface area contributed by atoms with Crippen LogP contribution in [0.3, 0.4) is 0 Å². The molecule has 3 rings (SSSR count). The molecule has 0 saturated heterocycles.